The van der Waals surface area contributed by atoms with Gasteiger partial charge in [-0.1, -0.05) is 0 Å². The van der Waals surface area contributed by atoms with Gasteiger partial charge >= 0.3 is 0 Å². The molecule has 0 saturated heterocycles. The largest absolute Gasteiger partial charge is 0.338 e. The van der Waals surface area contributed by atoms with Crippen molar-refractivity contribution in [1.29, 1.82) is 0 Å². The van der Waals surface area contributed by atoms with Gasteiger partial charge in [0.15, 0.2) is 0 Å². The van der Waals surface area contributed by atoms with Crippen molar-refractivity contribution in [1.82, 2.24) is 9.55 Å². The molecule has 72 valence electrons. The maximum Gasteiger partial charge on any atom is 0.105 e. The molecule has 0 N–H and O–H groups in total. The van der Waals surface area contributed by atoms with Crippen LogP contribution in [0, 0.1) is 6.92 Å². The lowest BCUT2D eigenvalue weighted by molar-refractivity contribution is 0.858. The van der Waals surface area contributed by atoms with E-state index < -0.39 is 0 Å². The van der Waals surface area contributed by atoms with Crippen molar-refractivity contribution < 1.29 is 0 Å². The molecule has 1 aromatic heterocycles. The molecule has 1 rings (SSSR count). The van der Waals surface area contributed by atoms with Crippen LogP contribution >= 0.6 is 10.0 Å². The van der Waals surface area contributed by atoms with Gasteiger partial charge in [0.2, 0.25) is 0 Å². The molecule has 0 aromatic carbocycles. The van der Waals surface area contributed by atoms with E-state index in [1.165, 1.54) is 0 Å². The molecule has 2 nitrogen and oxygen atoms in total. The minimum Gasteiger partial charge on any atom is -0.338 e. The minimum atomic E-state index is -0.167. The van der Waals surface area contributed by atoms with E-state index in [-0.39, 0.29) is 10.0 Å². The van der Waals surface area contributed by atoms with E-state index in [4.69, 9.17) is 0 Å². The number of aromatic nitrogens is 2. The van der Waals surface area contributed by atoms with Gasteiger partial charge in [-0.3, -0.25) is 10.0 Å². The number of rotatable bonds is 0. The summed E-state index contributed by atoms with van der Waals surface area (Å²) in [6.45, 7) is 1.97. The van der Waals surface area contributed by atoms with Gasteiger partial charge in [-0.2, -0.15) is 0 Å². The summed E-state index contributed by atoms with van der Waals surface area (Å²) in [6.07, 6.45) is 12.8. The van der Waals surface area contributed by atoms with E-state index in [2.05, 4.69) is 30.0 Å². The van der Waals surface area contributed by atoms with Crippen molar-refractivity contribution in [3.05, 3.63) is 18.2 Å². The molecule has 0 unspecified atom stereocenters. The van der Waals surface area contributed by atoms with Gasteiger partial charge in [-0.15, -0.1) is 0 Å². The predicted molar refractivity (Wildman–Crippen MR) is 59.2 cm³/mol. The normalized spacial score (nSPS) is 11.8. The first-order valence-corrected chi connectivity index (χ1v) is 7.14. The highest BCUT2D eigenvalue weighted by atomic mass is 32.3. The Hall–Kier alpha value is -0.440. The molecule has 0 aliphatic rings. The van der Waals surface area contributed by atoms with Crippen LogP contribution in [0.2, 0.25) is 0 Å². The number of aryl methyl sites for hydroxylation is 2. The lowest BCUT2D eigenvalue weighted by Crippen LogP contribution is -1.86. The smallest absolute Gasteiger partial charge is 0.105 e. The molecule has 0 fully saturated rings. The van der Waals surface area contributed by atoms with E-state index in [0.29, 0.717) is 0 Å². The number of nitrogens with zero attached hydrogens (tertiary/aromatic N) is 2. The molecule has 0 amide bonds. The van der Waals surface area contributed by atoms with Gasteiger partial charge in [0.25, 0.3) is 0 Å². The van der Waals surface area contributed by atoms with Crippen molar-refractivity contribution in [3.63, 3.8) is 0 Å². The van der Waals surface area contributed by atoms with Crippen molar-refractivity contribution in [2.24, 2.45) is 7.05 Å². The number of imidazole rings is 1. The number of hydrogen-bond donors (Lipinski definition) is 0. The Kier molecular flexibility index (Phi) is 4.39. The Bertz CT molecular complexity index is 200. The van der Waals surface area contributed by atoms with Crippen LogP contribution in [-0.2, 0) is 7.05 Å². The summed E-state index contributed by atoms with van der Waals surface area (Å²) in [5, 5.41) is 0. The lowest BCUT2D eigenvalue weighted by Gasteiger charge is -2.15. The monoisotopic (exact) mass is 188 g/mol. The Labute approximate surface area is 77.3 Å². The van der Waals surface area contributed by atoms with Gasteiger partial charge in [0, 0.05) is 19.4 Å². The molecule has 1 aromatic rings. The fourth-order valence-corrected chi connectivity index (χ4v) is 0.440. The molecule has 0 saturated carbocycles. The van der Waals surface area contributed by atoms with Crippen LogP contribution in [0.25, 0.3) is 0 Å². The first-order valence-electron chi connectivity index (χ1n) is 3.88. The standard InChI is InChI=1S/C5H8N2.C4H12S/c1-5-6-3-4-7(5)2;1-5(2,3)4/h3-4H,1-2H3;1-4H3. The van der Waals surface area contributed by atoms with E-state index in [1.54, 1.807) is 6.20 Å². The van der Waals surface area contributed by atoms with Crippen molar-refractivity contribution in [2.75, 3.05) is 25.0 Å². The summed E-state index contributed by atoms with van der Waals surface area (Å²) < 4.78 is 1.97. The Morgan fingerprint density at radius 3 is 1.75 bits per heavy atom. The van der Waals surface area contributed by atoms with Crippen LogP contribution < -0.4 is 0 Å². The van der Waals surface area contributed by atoms with E-state index in [9.17, 15) is 0 Å². The first-order chi connectivity index (χ1) is 5.30. The topological polar surface area (TPSA) is 17.8 Å². The molecular formula is C9H20N2S. The van der Waals surface area contributed by atoms with Crippen LogP contribution in [0.1, 0.15) is 5.82 Å². The minimum absolute atomic E-state index is 0.167. The third-order valence-corrected chi connectivity index (χ3v) is 1.06. The molecule has 0 aliphatic carbocycles. The van der Waals surface area contributed by atoms with Crippen LogP contribution in [0.15, 0.2) is 12.4 Å². The fraction of sp³-hybridized carbons (Fsp3) is 0.667. The third kappa shape index (κ3) is 7.66. The van der Waals surface area contributed by atoms with Crippen LogP contribution in [0.4, 0.5) is 0 Å². The summed E-state index contributed by atoms with van der Waals surface area (Å²) in [4.78, 5) is 3.98. The molecule has 0 spiro atoms. The van der Waals surface area contributed by atoms with Crippen molar-refractivity contribution >= 4 is 10.0 Å². The quantitative estimate of drug-likeness (QED) is 0.609. The fourth-order valence-electron chi connectivity index (χ4n) is 0.440. The molecule has 3 heteroatoms. The predicted octanol–water partition coefficient (Wildman–Crippen LogP) is 2.04. The molecule has 1 heterocycles. The highest BCUT2D eigenvalue weighted by Crippen LogP contribution is 2.27. The Morgan fingerprint density at radius 2 is 1.67 bits per heavy atom. The highest BCUT2D eigenvalue weighted by molar-refractivity contribution is 8.31. The van der Waals surface area contributed by atoms with Crippen LogP contribution in [0.5, 0.6) is 0 Å². The zero-order valence-electron chi connectivity index (χ0n) is 8.96. The van der Waals surface area contributed by atoms with E-state index in [1.807, 2.05) is 24.7 Å². The van der Waals surface area contributed by atoms with Crippen molar-refractivity contribution in [3.8, 4) is 0 Å². The lowest BCUT2D eigenvalue weighted by atomic mass is 10.7. The second-order valence-electron chi connectivity index (χ2n) is 4.03. The Morgan fingerprint density at radius 1 is 1.25 bits per heavy atom. The molecule has 0 bridgehead atoms. The van der Waals surface area contributed by atoms with Gasteiger partial charge in [-0.05, 0) is 31.9 Å². The molecule has 0 radical (unpaired) electrons. The van der Waals surface area contributed by atoms with Crippen molar-refractivity contribution in [2.45, 2.75) is 6.92 Å². The summed E-state index contributed by atoms with van der Waals surface area (Å²) in [6, 6.07) is 0. The Balaban J connectivity index is 0.000000217. The van der Waals surface area contributed by atoms with E-state index >= 15 is 0 Å². The van der Waals surface area contributed by atoms with E-state index in [0.717, 1.165) is 5.82 Å². The second-order valence-corrected chi connectivity index (χ2v) is 8.93. The summed E-state index contributed by atoms with van der Waals surface area (Å²) in [5.74, 6) is 1.06. The SMILES string of the molecule is CS(C)(C)C.Cc1nccn1C. The molecule has 0 atom stereocenters. The highest BCUT2D eigenvalue weighted by Gasteiger charge is 1.86. The van der Waals surface area contributed by atoms with Crippen LogP contribution in [0.3, 0.4) is 0 Å². The van der Waals surface area contributed by atoms with Gasteiger partial charge in [-0.25, -0.2) is 4.98 Å². The summed E-state index contributed by atoms with van der Waals surface area (Å²) in [7, 11) is 1.81. The molecular weight excluding hydrogens is 168 g/mol. The zero-order chi connectivity index (χ0) is 9.78. The average molecular weight is 188 g/mol. The van der Waals surface area contributed by atoms with Gasteiger partial charge < -0.3 is 4.57 Å². The number of hydrogen-bond acceptors (Lipinski definition) is 1. The maximum atomic E-state index is 3.98. The van der Waals surface area contributed by atoms with Crippen LogP contribution in [-0.4, -0.2) is 34.6 Å². The third-order valence-electron chi connectivity index (χ3n) is 1.06. The maximum absolute atomic E-state index is 3.98. The summed E-state index contributed by atoms with van der Waals surface area (Å²) >= 11 is 0. The van der Waals surface area contributed by atoms with Gasteiger partial charge in [0.05, 0.1) is 0 Å². The van der Waals surface area contributed by atoms with Gasteiger partial charge in [0.1, 0.15) is 5.82 Å². The second kappa shape index (κ2) is 4.55. The summed E-state index contributed by atoms with van der Waals surface area (Å²) in [5.41, 5.74) is 0. The molecule has 12 heavy (non-hydrogen) atoms. The first kappa shape index (κ1) is 11.6. The average Bonchev–Trinajstić information content (AvgIpc) is 2.12. The zero-order valence-corrected chi connectivity index (χ0v) is 9.77. The molecule has 0 aliphatic heterocycles.